The number of aliphatic hydroxyl groups is 1. The molecular weight excluding hydrogens is 316 g/mol. The summed E-state index contributed by atoms with van der Waals surface area (Å²) in [5, 5.41) is 10.6. The number of likely N-dealkylation sites (N-methyl/N-ethyl adjacent to an activating group) is 1. The van der Waals surface area contributed by atoms with Crippen molar-refractivity contribution in [3.8, 4) is 11.1 Å². The molecule has 1 atom stereocenters. The molecule has 5 heteroatoms. The lowest BCUT2D eigenvalue weighted by Gasteiger charge is -2.29. The number of rotatable bonds is 3. The third-order valence-electron chi connectivity index (χ3n) is 4.81. The van der Waals surface area contributed by atoms with Crippen LogP contribution in [0.2, 0.25) is 0 Å². The van der Waals surface area contributed by atoms with Crippen LogP contribution in [0.3, 0.4) is 0 Å². The van der Waals surface area contributed by atoms with E-state index in [2.05, 4.69) is 11.9 Å². The lowest BCUT2D eigenvalue weighted by atomic mass is 9.87. The molecule has 1 aliphatic heterocycles. The van der Waals surface area contributed by atoms with E-state index in [-0.39, 0.29) is 0 Å². The zero-order valence-corrected chi connectivity index (χ0v) is 15.2. The number of ether oxygens (including phenoxy) is 1. The smallest absolute Gasteiger partial charge is 0.339 e. The van der Waals surface area contributed by atoms with Crippen molar-refractivity contribution in [2.24, 2.45) is 0 Å². The predicted molar refractivity (Wildman–Crippen MR) is 96.2 cm³/mol. The number of hydrogen-bond acceptors (Lipinski definition) is 5. The van der Waals surface area contributed by atoms with Gasteiger partial charge >= 0.3 is 5.97 Å². The highest BCUT2D eigenvalue weighted by molar-refractivity contribution is 5.83. The fourth-order valence-electron chi connectivity index (χ4n) is 3.45. The molecule has 0 bridgehead atoms. The highest BCUT2D eigenvalue weighted by Crippen LogP contribution is 2.37. The molecule has 25 heavy (non-hydrogen) atoms. The number of nitrogens with zero attached hydrogens (tertiary/aromatic N) is 2. The van der Waals surface area contributed by atoms with E-state index in [1.165, 1.54) is 7.11 Å². The quantitative estimate of drug-likeness (QED) is 0.870. The molecular formula is C20H24N2O3. The van der Waals surface area contributed by atoms with Gasteiger partial charge in [0, 0.05) is 36.5 Å². The van der Waals surface area contributed by atoms with Crippen LogP contribution in [0.4, 0.5) is 0 Å². The van der Waals surface area contributed by atoms with Crippen LogP contribution in [0.15, 0.2) is 24.3 Å². The molecule has 1 aliphatic rings. The summed E-state index contributed by atoms with van der Waals surface area (Å²) in [6, 6.07) is 8.15. The topological polar surface area (TPSA) is 62.7 Å². The third kappa shape index (κ3) is 3.30. The molecule has 1 aromatic carbocycles. The first kappa shape index (κ1) is 17.6. The molecule has 0 spiro atoms. The normalized spacial score (nSPS) is 15.6. The molecule has 1 N–H and O–H groups in total. The predicted octanol–water partition coefficient (Wildman–Crippen LogP) is 2.56. The summed E-state index contributed by atoms with van der Waals surface area (Å²) < 4.78 is 4.77. The number of esters is 1. The molecule has 3 rings (SSSR count). The zero-order valence-electron chi connectivity index (χ0n) is 15.2. The summed E-state index contributed by atoms with van der Waals surface area (Å²) in [4.78, 5) is 18.9. The average Bonchev–Trinajstić information content (AvgIpc) is 2.60. The van der Waals surface area contributed by atoms with Crippen LogP contribution in [-0.4, -0.2) is 41.7 Å². The average molecular weight is 340 g/mol. The van der Waals surface area contributed by atoms with Gasteiger partial charge in [0.05, 0.1) is 7.11 Å². The van der Waals surface area contributed by atoms with Crippen LogP contribution >= 0.6 is 0 Å². The zero-order chi connectivity index (χ0) is 18.1. The monoisotopic (exact) mass is 340 g/mol. The van der Waals surface area contributed by atoms with Crippen LogP contribution in [-0.2, 0) is 22.5 Å². The minimum Gasteiger partial charge on any atom is -0.467 e. The molecule has 0 aliphatic carbocycles. The fraction of sp³-hybridized carbons (Fsp3) is 0.400. The molecule has 132 valence electrons. The number of fused-ring (bicyclic) bond motifs is 1. The SMILES string of the molecule is COC(=O)C(O)c1c(C)nc2c(c1-c1ccc(C)cc1)CN(C)CC2. The summed E-state index contributed by atoms with van der Waals surface area (Å²) in [7, 11) is 3.35. The number of benzene rings is 1. The van der Waals surface area contributed by atoms with Crippen molar-refractivity contribution < 1.29 is 14.6 Å². The minimum absolute atomic E-state index is 0.546. The standard InChI is InChI=1S/C20H24N2O3/c1-12-5-7-14(8-6-12)18-15-11-22(3)10-9-16(15)21-13(2)17(18)19(23)20(24)25-4/h5-8,19,23H,9-11H2,1-4H3. The largest absolute Gasteiger partial charge is 0.467 e. The summed E-state index contributed by atoms with van der Waals surface area (Å²) in [6.07, 6.45) is -0.480. The van der Waals surface area contributed by atoms with Gasteiger partial charge in [-0.25, -0.2) is 4.79 Å². The number of carbonyl (C=O) groups is 1. The van der Waals surface area contributed by atoms with Crippen LogP contribution < -0.4 is 0 Å². The van der Waals surface area contributed by atoms with Gasteiger partial charge in [0.1, 0.15) is 0 Å². The van der Waals surface area contributed by atoms with Crippen molar-refractivity contribution in [1.82, 2.24) is 9.88 Å². The van der Waals surface area contributed by atoms with Gasteiger partial charge in [0.15, 0.2) is 6.10 Å². The third-order valence-corrected chi connectivity index (χ3v) is 4.81. The Morgan fingerprint density at radius 2 is 1.96 bits per heavy atom. The van der Waals surface area contributed by atoms with Crippen LogP contribution in [0.1, 0.15) is 34.2 Å². The van der Waals surface area contributed by atoms with Crippen LogP contribution in [0.25, 0.3) is 11.1 Å². The molecule has 1 aromatic heterocycles. The number of pyridine rings is 1. The number of hydrogen-bond donors (Lipinski definition) is 1. The number of methoxy groups -OCH3 is 1. The fourth-order valence-corrected chi connectivity index (χ4v) is 3.45. The Labute approximate surface area is 148 Å². The van der Waals surface area contributed by atoms with E-state index < -0.39 is 12.1 Å². The molecule has 2 heterocycles. The molecule has 0 fully saturated rings. The maximum absolute atomic E-state index is 12.0. The van der Waals surface area contributed by atoms with E-state index in [0.717, 1.165) is 47.5 Å². The summed E-state index contributed by atoms with van der Waals surface area (Å²) in [5.41, 5.74) is 6.41. The number of carbonyl (C=O) groups excluding carboxylic acids is 1. The number of aromatic nitrogens is 1. The second-order valence-electron chi connectivity index (χ2n) is 6.69. The van der Waals surface area contributed by atoms with Crippen molar-refractivity contribution in [1.29, 1.82) is 0 Å². The summed E-state index contributed by atoms with van der Waals surface area (Å²) in [5.74, 6) is -0.664. The van der Waals surface area contributed by atoms with E-state index in [1.54, 1.807) is 0 Å². The van der Waals surface area contributed by atoms with E-state index >= 15 is 0 Å². The van der Waals surface area contributed by atoms with Crippen molar-refractivity contribution in [2.75, 3.05) is 20.7 Å². The maximum atomic E-state index is 12.0. The minimum atomic E-state index is -1.34. The lowest BCUT2D eigenvalue weighted by Crippen LogP contribution is -2.29. The highest BCUT2D eigenvalue weighted by atomic mass is 16.5. The Balaban J connectivity index is 2.28. The molecule has 0 radical (unpaired) electrons. The Bertz CT molecular complexity index is 800. The van der Waals surface area contributed by atoms with Gasteiger partial charge in [-0.2, -0.15) is 0 Å². The van der Waals surface area contributed by atoms with Gasteiger partial charge < -0.3 is 14.7 Å². The van der Waals surface area contributed by atoms with E-state index in [4.69, 9.17) is 9.72 Å². The molecule has 0 amide bonds. The highest BCUT2D eigenvalue weighted by Gasteiger charge is 2.30. The number of aryl methyl sites for hydroxylation is 2. The van der Waals surface area contributed by atoms with Crippen LogP contribution in [0, 0.1) is 13.8 Å². The van der Waals surface area contributed by atoms with Gasteiger partial charge in [-0.15, -0.1) is 0 Å². The summed E-state index contributed by atoms with van der Waals surface area (Å²) >= 11 is 0. The van der Waals surface area contributed by atoms with Crippen molar-refractivity contribution in [3.63, 3.8) is 0 Å². The maximum Gasteiger partial charge on any atom is 0.339 e. The molecule has 0 saturated heterocycles. The number of aliphatic hydroxyl groups excluding tert-OH is 1. The lowest BCUT2D eigenvalue weighted by molar-refractivity contribution is -0.150. The summed E-state index contributed by atoms with van der Waals surface area (Å²) in [6.45, 7) is 5.57. The van der Waals surface area contributed by atoms with Crippen molar-refractivity contribution in [2.45, 2.75) is 32.9 Å². The second kappa shape index (κ2) is 6.94. The Morgan fingerprint density at radius 1 is 1.28 bits per heavy atom. The Morgan fingerprint density at radius 3 is 2.60 bits per heavy atom. The van der Waals surface area contributed by atoms with Gasteiger partial charge in [-0.1, -0.05) is 29.8 Å². The van der Waals surface area contributed by atoms with E-state index in [9.17, 15) is 9.90 Å². The van der Waals surface area contributed by atoms with Gasteiger partial charge in [0.25, 0.3) is 0 Å². The van der Waals surface area contributed by atoms with Crippen molar-refractivity contribution in [3.05, 3.63) is 52.3 Å². The van der Waals surface area contributed by atoms with Gasteiger partial charge in [-0.3, -0.25) is 4.98 Å². The first-order valence-corrected chi connectivity index (χ1v) is 8.46. The van der Waals surface area contributed by atoms with E-state index in [1.807, 2.05) is 38.1 Å². The first-order chi connectivity index (χ1) is 11.9. The van der Waals surface area contributed by atoms with Crippen LogP contribution in [0.5, 0.6) is 0 Å². The van der Waals surface area contributed by atoms with Gasteiger partial charge in [-0.05, 0) is 37.6 Å². The Kier molecular flexibility index (Phi) is 4.88. The second-order valence-corrected chi connectivity index (χ2v) is 6.69. The molecule has 2 aromatic rings. The Hall–Kier alpha value is -2.24. The van der Waals surface area contributed by atoms with Crippen molar-refractivity contribution >= 4 is 5.97 Å². The molecule has 0 saturated carbocycles. The van der Waals surface area contributed by atoms with Gasteiger partial charge in [0.2, 0.25) is 0 Å². The molecule has 5 nitrogen and oxygen atoms in total. The van der Waals surface area contributed by atoms with E-state index in [0.29, 0.717) is 11.3 Å². The first-order valence-electron chi connectivity index (χ1n) is 8.46. The molecule has 1 unspecified atom stereocenters.